The predicted molar refractivity (Wildman–Crippen MR) is 76.3 cm³/mol. The number of ether oxygens (including phenoxy) is 1. The lowest BCUT2D eigenvalue weighted by Crippen LogP contribution is -2.39. The summed E-state index contributed by atoms with van der Waals surface area (Å²) >= 11 is 0. The van der Waals surface area contributed by atoms with Crippen LogP contribution >= 0.6 is 0 Å². The van der Waals surface area contributed by atoms with Crippen LogP contribution in [0, 0.1) is 0 Å². The molecule has 0 amide bonds. The molecule has 1 aliphatic rings. The summed E-state index contributed by atoms with van der Waals surface area (Å²) < 4.78 is 5.71. The smallest absolute Gasteiger partial charge is 0.0957 e. The van der Waals surface area contributed by atoms with Gasteiger partial charge in [0.05, 0.1) is 29.8 Å². The van der Waals surface area contributed by atoms with Crippen molar-refractivity contribution in [1.82, 2.24) is 4.98 Å². The largest absolute Gasteiger partial charge is 0.387 e. The van der Waals surface area contributed by atoms with Gasteiger partial charge in [-0.1, -0.05) is 6.92 Å². The molecule has 1 N–H and O–H groups in total. The van der Waals surface area contributed by atoms with E-state index in [0.717, 1.165) is 43.9 Å². The van der Waals surface area contributed by atoms with Crippen LogP contribution in [0.25, 0.3) is 0 Å². The molecule has 0 radical (unpaired) electrons. The second-order valence-corrected chi connectivity index (χ2v) is 5.03. The Balaban J connectivity index is 2.01. The van der Waals surface area contributed by atoms with Gasteiger partial charge in [0.15, 0.2) is 0 Å². The number of aromatic nitrogens is 1. The first-order valence-corrected chi connectivity index (χ1v) is 7.25. The molecule has 2 atom stereocenters. The van der Waals surface area contributed by atoms with Crippen molar-refractivity contribution in [1.29, 1.82) is 0 Å². The lowest BCUT2D eigenvalue weighted by atomic mass is 10.1. The SMILES string of the molecule is CCOC1CCCN(c2ccc(C(O)CC)nc2)C1. The summed E-state index contributed by atoms with van der Waals surface area (Å²) in [7, 11) is 0. The number of pyridine rings is 1. The number of nitrogens with zero attached hydrogens (tertiary/aromatic N) is 2. The van der Waals surface area contributed by atoms with Crippen LogP contribution in [0.15, 0.2) is 18.3 Å². The third-order valence-corrected chi connectivity index (χ3v) is 3.64. The minimum atomic E-state index is -0.452. The van der Waals surface area contributed by atoms with E-state index in [1.165, 1.54) is 0 Å². The molecule has 0 bridgehead atoms. The van der Waals surface area contributed by atoms with Crippen molar-refractivity contribution in [2.24, 2.45) is 0 Å². The summed E-state index contributed by atoms with van der Waals surface area (Å²) in [6.07, 6.45) is 4.74. The first kappa shape index (κ1) is 14.3. The minimum absolute atomic E-state index is 0.333. The summed E-state index contributed by atoms with van der Waals surface area (Å²) in [6, 6.07) is 3.98. The summed E-state index contributed by atoms with van der Waals surface area (Å²) in [5.41, 5.74) is 1.88. The van der Waals surface area contributed by atoms with Crippen molar-refractivity contribution in [3.63, 3.8) is 0 Å². The maximum atomic E-state index is 9.75. The van der Waals surface area contributed by atoms with Crippen LogP contribution in [0.4, 0.5) is 5.69 Å². The van der Waals surface area contributed by atoms with E-state index in [2.05, 4.69) is 16.0 Å². The van der Waals surface area contributed by atoms with Crippen LogP contribution in [-0.2, 0) is 4.74 Å². The van der Waals surface area contributed by atoms with Crippen LogP contribution < -0.4 is 4.90 Å². The maximum absolute atomic E-state index is 9.75. The molecule has 1 aromatic heterocycles. The molecule has 2 unspecified atom stereocenters. The Labute approximate surface area is 115 Å². The molecule has 106 valence electrons. The molecule has 0 spiro atoms. The predicted octanol–water partition coefficient (Wildman–Crippen LogP) is 2.53. The highest BCUT2D eigenvalue weighted by Gasteiger charge is 2.20. The Morgan fingerprint density at radius 3 is 2.95 bits per heavy atom. The Bertz CT molecular complexity index is 378. The average molecular weight is 264 g/mol. The zero-order chi connectivity index (χ0) is 13.7. The van der Waals surface area contributed by atoms with E-state index in [9.17, 15) is 5.11 Å². The van der Waals surface area contributed by atoms with Gasteiger partial charge in [0.2, 0.25) is 0 Å². The maximum Gasteiger partial charge on any atom is 0.0957 e. The van der Waals surface area contributed by atoms with Gasteiger partial charge < -0.3 is 14.7 Å². The van der Waals surface area contributed by atoms with Gasteiger partial charge in [-0.15, -0.1) is 0 Å². The van der Waals surface area contributed by atoms with Crippen molar-refractivity contribution in [3.05, 3.63) is 24.0 Å². The normalized spacial score (nSPS) is 21.4. The van der Waals surface area contributed by atoms with Gasteiger partial charge in [-0.3, -0.25) is 4.98 Å². The van der Waals surface area contributed by atoms with E-state index in [1.807, 2.05) is 26.1 Å². The second kappa shape index (κ2) is 6.87. The van der Waals surface area contributed by atoms with Crippen molar-refractivity contribution in [2.45, 2.75) is 45.3 Å². The van der Waals surface area contributed by atoms with Crippen LogP contribution in [0.3, 0.4) is 0 Å². The number of piperidine rings is 1. The van der Waals surface area contributed by atoms with Crippen LogP contribution in [-0.4, -0.2) is 35.9 Å². The van der Waals surface area contributed by atoms with E-state index in [1.54, 1.807) is 0 Å². The average Bonchev–Trinajstić information content (AvgIpc) is 2.47. The molecule has 1 aromatic rings. The van der Waals surface area contributed by atoms with Crippen molar-refractivity contribution >= 4 is 5.69 Å². The summed E-state index contributed by atoms with van der Waals surface area (Å²) in [5, 5.41) is 9.75. The van der Waals surface area contributed by atoms with Gasteiger partial charge >= 0.3 is 0 Å². The van der Waals surface area contributed by atoms with Gasteiger partial charge in [0.1, 0.15) is 0 Å². The van der Waals surface area contributed by atoms with Gasteiger partial charge in [-0.25, -0.2) is 0 Å². The molecule has 4 heteroatoms. The molecule has 2 heterocycles. The number of hydrogen-bond acceptors (Lipinski definition) is 4. The summed E-state index contributed by atoms with van der Waals surface area (Å²) in [6.45, 7) is 6.77. The highest BCUT2D eigenvalue weighted by Crippen LogP contribution is 2.22. The van der Waals surface area contributed by atoms with E-state index in [0.29, 0.717) is 12.5 Å². The molecule has 1 saturated heterocycles. The molecule has 4 nitrogen and oxygen atoms in total. The summed E-state index contributed by atoms with van der Waals surface area (Å²) in [5.74, 6) is 0. The Kier molecular flexibility index (Phi) is 5.16. The molecule has 1 fully saturated rings. The Morgan fingerprint density at radius 1 is 1.47 bits per heavy atom. The Morgan fingerprint density at radius 2 is 2.32 bits per heavy atom. The van der Waals surface area contributed by atoms with Crippen molar-refractivity contribution < 1.29 is 9.84 Å². The van der Waals surface area contributed by atoms with E-state index < -0.39 is 6.10 Å². The van der Waals surface area contributed by atoms with E-state index >= 15 is 0 Å². The number of aliphatic hydroxyl groups excluding tert-OH is 1. The van der Waals surface area contributed by atoms with Gasteiger partial charge in [-0.2, -0.15) is 0 Å². The van der Waals surface area contributed by atoms with Crippen LogP contribution in [0.5, 0.6) is 0 Å². The molecular formula is C15H24N2O2. The third-order valence-electron chi connectivity index (χ3n) is 3.64. The number of hydrogen-bond donors (Lipinski definition) is 1. The highest BCUT2D eigenvalue weighted by atomic mass is 16.5. The number of aliphatic hydroxyl groups is 1. The first-order chi connectivity index (χ1) is 9.24. The standard InChI is InChI=1S/C15H24N2O2/c1-3-15(18)14-8-7-12(10-16-14)17-9-5-6-13(11-17)19-4-2/h7-8,10,13,15,18H,3-6,9,11H2,1-2H3. The second-order valence-electron chi connectivity index (χ2n) is 5.03. The molecule has 2 rings (SSSR count). The van der Waals surface area contributed by atoms with E-state index in [-0.39, 0.29) is 0 Å². The van der Waals surface area contributed by atoms with E-state index in [4.69, 9.17) is 4.74 Å². The lowest BCUT2D eigenvalue weighted by Gasteiger charge is -2.34. The fourth-order valence-electron chi connectivity index (χ4n) is 2.54. The Hall–Kier alpha value is -1.13. The number of rotatable bonds is 5. The molecule has 0 aromatic carbocycles. The monoisotopic (exact) mass is 264 g/mol. The van der Waals surface area contributed by atoms with Crippen molar-refractivity contribution in [2.75, 3.05) is 24.6 Å². The molecule has 1 aliphatic heterocycles. The van der Waals surface area contributed by atoms with Crippen molar-refractivity contribution in [3.8, 4) is 0 Å². The van der Waals surface area contributed by atoms with Gasteiger partial charge in [0.25, 0.3) is 0 Å². The lowest BCUT2D eigenvalue weighted by molar-refractivity contribution is 0.0526. The van der Waals surface area contributed by atoms with Crippen LogP contribution in [0.1, 0.15) is 44.9 Å². The van der Waals surface area contributed by atoms with Crippen LogP contribution in [0.2, 0.25) is 0 Å². The number of anilines is 1. The topological polar surface area (TPSA) is 45.6 Å². The summed E-state index contributed by atoms with van der Waals surface area (Å²) in [4.78, 5) is 6.68. The van der Waals surface area contributed by atoms with Gasteiger partial charge in [-0.05, 0) is 38.3 Å². The fraction of sp³-hybridized carbons (Fsp3) is 0.667. The minimum Gasteiger partial charge on any atom is -0.387 e. The zero-order valence-electron chi connectivity index (χ0n) is 11.9. The molecule has 19 heavy (non-hydrogen) atoms. The zero-order valence-corrected chi connectivity index (χ0v) is 11.9. The van der Waals surface area contributed by atoms with Gasteiger partial charge in [0, 0.05) is 19.7 Å². The first-order valence-electron chi connectivity index (χ1n) is 7.25. The third kappa shape index (κ3) is 3.67. The fourth-order valence-corrected chi connectivity index (χ4v) is 2.54. The molecular weight excluding hydrogens is 240 g/mol. The molecule has 0 saturated carbocycles. The highest BCUT2D eigenvalue weighted by molar-refractivity contribution is 5.45. The molecule has 0 aliphatic carbocycles. The quantitative estimate of drug-likeness (QED) is 0.887.